The van der Waals surface area contributed by atoms with Gasteiger partial charge in [-0.05, 0) is 73.0 Å². The molecule has 7 nitrogen and oxygen atoms in total. The third-order valence-electron chi connectivity index (χ3n) is 5.79. The first-order valence-electron chi connectivity index (χ1n) is 10.7. The minimum atomic E-state index is -4.88. The van der Waals surface area contributed by atoms with E-state index in [1.807, 2.05) is 0 Å². The number of aliphatic hydroxyl groups excluding tert-OH is 1. The van der Waals surface area contributed by atoms with Crippen LogP contribution in [0.5, 0.6) is 11.5 Å². The van der Waals surface area contributed by atoms with E-state index >= 15 is 0 Å². The van der Waals surface area contributed by atoms with Gasteiger partial charge in [-0.15, -0.1) is 13.2 Å². The van der Waals surface area contributed by atoms with Crippen LogP contribution in [0.3, 0.4) is 0 Å². The Balaban J connectivity index is 1.87. The quantitative estimate of drug-likeness (QED) is 0.294. The molecule has 1 fully saturated rings. The fourth-order valence-corrected chi connectivity index (χ4v) is 4.17. The molecule has 0 bridgehead atoms. The fraction of sp³-hybridized carbons (Fsp3) is 0.192. The van der Waals surface area contributed by atoms with E-state index in [2.05, 4.69) is 9.72 Å². The van der Waals surface area contributed by atoms with E-state index in [9.17, 15) is 27.9 Å². The molecule has 0 saturated carbocycles. The molecule has 4 rings (SSSR count). The van der Waals surface area contributed by atoms with E-state index in [1.54, 1.807) is 38.1 Å². The van der Waals surface area contributed by atoms with Crippen LogP contribution in [0.1, 0.15) is 28.3 Å². The number of carbonyl (C=O) groups is 2. The molecule has 1 aliphatic rings. The second-order valence-electron chi connectivity index (χ2n) is 8.13. The summed E-state index contributed by atoms with van der Waals surface area (Å²) >= 11 is 0. The Labute approximate surface area is 204 Å². The van der Waals surface area contributed by atoms with Crippen LogP contribution in [0.2, 0.25) is 0 Å². The monoisotopic (exact) mass is 498 g/mol. The number of aromatic nitrogens is 1. The molecule has 0 aliphatic carbocycles. The van der Waals surface area contributed by atoms with Crippen LogP contribution < -0.4 is 14.4 Å². The predicted octanol–water partition coefficient (Wildman–Crippen LogP) is 5.23. The number of amides is 1. The number of rotatable bonds is 5. The van der Waals surface area contributed by atoms with Gasteiger partial charge in [0, 0.05) is 23.6 Å². The highest BCUT2D eigenvalue weighted by molar-refractivity contribution is 6.51. The first kappa shape index (κ1) is 24.8. The summed E-state index contributed by atoms with van der Waals surface area (Å²) in [7, 11) is 1.51. The summed E-state index contributed by atoms with van der Waals surface area (Å²) in [6.45, 7) is 3.50. The highest BCUT2D eigenvalue weighted by Gasteiger charge is 2.47. The minimum absolute atomic E-state index is 0.141. The van der Waals surface area contributed by atoms with E-state index in [-0.39, 0.29) is 17.0 Å². The number of aryl methyl sites for hydroxylation is 2. The number of Topliss-reactive ketones (excluding diaryl/α,β-unsaturated/α-hetero) is 1. The lowest BCUT2D eigenvalue weighted by Crippen LogP contribution is -2.29. The van der Waals surface area contributed by atoms with Crippen molar-refractivity contribution in [2.24, 2.45) is 0 Å². The second-order valence-corrected chi connectivity index (χ2v) is 8.13. The summed E-state index contributed by atoms with van der Waals surface area (Å²) in [5.41, 5.74) is 2.06. The van der Waals surface area contributed by atoms with Crippen LogP contribution in [-0.2, 0) is 9.59 Å². The van der Waals surface area contributed by atoms with Gasteiger partial charge in [0.15, 0.2) is 0 Å². The van der Waals surface area contributed by atoms with E-state index < -0.39 is 29.8 Å². The molecular weight excluding hydrogens is 477 g/mol. The lowest BCUT2D eigenvalue weighted by atomic mass is 9.93. The number of anilines is 1. The highest BCUT2D eigenvalue weighted by atomic mass is 19.4. The number of nitrogens with zero attached hydrogens (tertiary/aromatic N) is 2. The maximum atomic E-state index is 13.2. The Morgan fingerprint density at radius 1 is 1.06 bits per heavy atom. The minimum Gasteiger partial charge on any atom is -0.507 e. The van der Waals surface area contributed by atoms with Gasteiger partial charge < -0.3 is 14.6 Å². The molecule has 2 heterocycles. The smallest absolute Gasteiger partial charge is 0.507 e. The number of benzene rings is 2. The number of carbonyl (C=O) groups excluding carboxylic acids is 2. The average Bonchev–Trinajstić information content (AvgIpc) is 3.10. The molecule has 1 atom stereocenters. The molecular formula is C26H21F3N2O5. The first-order valence-corrected chi connectivity index (χ1v) is 10.7. The van der Waals surface area contributed by atoms with Gasteiger partial charge in [0.05, 0.1) is 18.7 Å². The molecule has 186 valence electrons. The molecule has 2 aromatic carbocycles. The molecule has 0 spiro atoms. The summed E-state index contributed by atoms with van der Waals surface area (Å²) < 4.78 is 46.9. The molecule has 1 amide bonds. The number of hydrogen-bond donors (Lipinski definition) is 1. The zero-order valence-corrected chi connectivity index (χ0v) is 19.5. The molecule has 0 radical (unpaired) electrons. The highest BCUT2D eigenvalue weighted by Crippen LogP contribution is 2.43. The summed E-state index contributed by atoms with van der Waals surface area (Å²) in [6.07, 6.45) is -1.92. The number of ketones is 1. The van der Waals surface area contributed by atoms with Gasteiger partial charge in [-0.3, -0.25) is 19.5 Å². The van der Waals surface area contributed by atoms with Crippen molar-refractivity contribution in [2.45, 2.75) is 26.3 Å². The van der Waals surface area contributed by atoms with Crippen molar-refractivity contribution >= 4 is 23.1 Å². The van der Waals surface area contributed by atoms with Crippen molar-refractivity contribution in [1.82, 2.24) is 4.98 Å². The molecule has 1 saturated heterocycles. The summed E-state index contributed by atoms with van der Waals surface area (Å²) in [6, 6.07) is 10.1. The van der Waals surface area contributed by atoms with Crippen molar-refractivity contribution in [1.29, 1.82) is 0 Å². The number of methoxy groups -OCH3 is 1. The molecule has 10 heteroatoms. The summed E-state index contributed by atoms with van der Waals surface area (Å²) in [4.78, 5) is 31.6. The van der Waals surface area contributed by atoms with Gasteiger partial charge in [-0.1, -0.05) is 6.07 Å². The van der Waals surface area contributed by atoms with Crippen molar-refractivity contribution in [3.63, 3.8) is 0 Å². The topological polar surface area (TPSA) is 89.0 Å². The van der Waals surface area contributed by atoms with E-state index in [1.165, 1.54) is 31.6 Å². The second kappa shape index (κ2) is 9.37. The van der Waals surface area contributed by atoms with Gasteiger partial charge >= 0.3 is 6.36 Å². The Bertz CT molecular complexity index is 1350. The van der Waals surface area contributed by atoms with E-state index in [4.69, 9.17) is 4.74 Å². The average molecular weight is 498 g/mol. The van der Waals surface area contributed by atoms with Crippen molar-refractivity contribution < 1.29 is 37.3 Å². The maximum Gasteiger partial charge on any atom is 0.573 e. The number of halogens is 3. The Hall–Kier alpha value is -4.34. The Morgan fingerprint density at radius 2 is 1.75 bits per heavy atom. The van der Waals surface area contributed by atoms with Gasteiger partial charge in [-0.25, -0.2) is 0 Å². The van der Waals surface area contributed by atoms with Crippen molar-refractivity contribution in [3.05, 3.63) is 88.8 Å². The van der Waals surface area contributed by atoms with Gasteiger partial charge in [0.25, 0.3) is 11.7 Å². The van der Waals surface area contributed by atoms with Gasteiger partial charge in [-0.2, -0.15) is 0 Å². The SMILES string of the molecule is COc1cc(C)c(/C(O)=C2\C(=O)C(=O)N(c3ccc(OC(F)(F)F)cc3)C2c2cccnc2)cc1C. The predicted molar refractivity (Wildman–Crippen MR) is 125 cm³/mol. The summed E-state index contributed by atoms with van der Waals surface area (Å²) in [5.74, 6) is -2.16. The standard InChI is InChI=1S/C26H21F3N2O5/c1-14-12-20(35-3)15(2)11-19(14)23(32)21-22(16-5-4-10-30-13-16)31(25(34)24(21)33)17-6-8-18(9-7-17)36-26(27,28)29/h4-13,22,32H,1-3H3/b23-21+. The number of aliphatic hydroxyl groups is 1. The van der Waals surface area contributed by atoms with Crippen LogP contribution in [0.15, 0.2) is 66.5 Å². The van der Waals surface area contributed by atoms with Gasteiger partial charge in [0.2, 0.25) is 0 Å². The Morgan fingerprint density at radius 3 is 2.33 bits per heavy atom. The van der Waals surface area contributed by atoms with Crippen molar-refractivity contribution in [2.75, 3.05) is 12.0 Å². The third-order valence-corrected chi connectivity index (χ3v) is 5.79. The van der Waals surface area contributed by atoms with Crippen LogP contribution in [0.4, 0.5) is 18.9 Å². The van der Waals surface area contributed by atoms with Crippen molar-refractivity contribution in [3.8, 4) is 11.5 Å². The molecule has 3 aromatic rings. The fourth-order valence-electron chi connectivity index (χ4n) is 4.17. The number of pyridine rings is 1. The zero-order chi connectivity index (χ0) is 26.2. The molecule has 1 aromatic heterocycles. The Kier molecular flexibility index (Phi) is 6.45. The number of hydrogen-bond acceptors (Lipinski definition) is 6. The lowest BCUT2D eigenvalue weighted by Gasteiger charge is -2.25. The van der Waals surface area contributed by atoms with Crippen LogP contribution in [0, 0.1) is 13.8 Å². The molecule has 1 unspecified atom stereocenters. The zero-order valence-electron chi connectivity index (χ0n) is 19.5. The normalized spacial score (nSPS) is 17.4. The summed E-state index contributed by atoms with van der Waals surface area (Å²) in [5, 5.41) is 11.3. The van der Waals surface area contributed by atoms with E-state index in [0.29, 0.717) is 28.0 Å². The largest absolute Gasteiger partial charge is 0.573 e. The molecule has 36 heavy (non-hydrogen) atoms. The lowest BCUT2D eigenvalue weighted by molar-refractivity contribution is -0.274. The third kappa shape index (κ3) is 4.61. The number of alkyl halides is 3. The first-order chi connectivity index (χ1) is 17.0. The molecule has 1 aliphatic heterocycles. The number of ether oxygens (including phenoxy) is 2. The van der Waals surface area contributed by atoms with Crippen LogP contribution in [-0.4, -0.2) is 35.3 Å². The molecule has 1 N–H and O–H groups in total. The van der Waals surface area contributed by atoms with Crippen LogP contribution in [0.25, 0.3) is 5.76 Å². The maximum absolute atomic E-state index is 13.2. The van der Waals surface area contributed by atoms with Crippen LogP contribution >= 0.6 is 0 Å². The van der Waals surface area contributed by atoms with Gasteiger partial charge in [0.1, 0.15) is 17.3 Å². The van der Waals surface area contributed by atoms with E-state index in [0.717, 1.165) is 17.0 Å².